The SMILES string of the molecule is Cc1ncsc1C(=O)NCCc1ccc(S(=O)(=O)NC(=O)NC2CCCC2)cc1. The highest BCUT2D eigenvalue weighted by Gasteiger charge is 2.21. The molecular weight excluding hydrogens is 412 g/mol. The maximum Gasteiger partial charge on any atom is 0.328 e. The van der Waals surface area contributed by atoms with Gasteiger partial charge in [-0.2, -0.15) is 0 Å². The molecule has 2 aromatic rings. The Morgan fingerprint density at radius 1 is 1.17 bits per heavy atom. The summed E-state index contributed by atoms with van der Waals surface area (Å²) in [6, 6.07) is 5.60. The van der Waals surface area contributed by atoms with Crippen LogP contribution in [0.5, 0.6) is 0 Å². The van der Waals surface area contributed by atoms with Gasteiger partial charge in [0.2, 0.25) is 0 Å². The van der Waals surface area contributed by atoms with Crippen LogP contribution in [0.2, 0.25) is 0 Å². The number of thiazole rings is 1. The Kier molecular flexibility index (Phi) is 6.86. The summed E-state index contributed by atoms with van der Waals surface area (Å²) in [6.07, 6.45) is 4.40. The van der Waals surface area contributed by atoms with Crippen LogP contribution in [0.15, 0.2) is 34.7 Å². The minimum Gasteiger partial charge on any atom is -0.351 e. The van der Waals surface area contributed by atoms with E-state index in [1.54, 1.807) is 24.6 Å². The molecule has 3 rings (SSSR count). The van der Waals surface area contributed by atoms with Gasteiger partial charge in [-0.05, 0) is 43.9 Å². The van der Waals surface area contributed by atoms with E-state index in [9.17, 15) is 18.0 Å². The quantitative estimate of drug-likeness (QED) is 0.616. The molecule has 8 nitrogen and oxygen atoms in total. The molecule has 10 heteroatoms. The van der Waals surface area contributed by atoms with E-state index >= 15 is 0 Å². The van der Waals surface area contributed by atoms with Crippen molar-refractivity contribution in [2.75, 3.05) is 6.54 Å². The van der Waals surface area contributed by atoms with Crippen molar-refractivity contribution in [3.63, 3.8) is 0 Å². The number of urea groups is 1. The Labute approximate surface area is 174 Å². The van der Waals surface area contributed by atoms with Crippen molar-refractivity contribution in [1.29, 1.82) is 0 Å². The van der Waals surface area contributed by atoms with Crippen molar-refractivity contribution >= 4 is 33.3 Å². The van der Waals surface area contributed by atoms with E-state index in [0.29, 0.717) is 23.5 Å². The lowest BCUT2D eigenvalue weighted by atomic mass is 10.1. The standard InChI is InChI=1S/C19H24N4O4S2/c1-13-17(28-12-21-13)18(24)20-11-10-14-6-8-16(9-7-14)29(26,27)23-19(25)22-15-4-2-3-5-15/h6-9,12,15H,2-5,10-11H2,1H3,(H,20,24)(H2,22,23,25). The minimum atomic E-state index is -3.92. The van der Waals surface area contributed by atoms with Gasteiger partial charge in [0, 0.05) is 12.6 Å². The third-order valence-corrected chi connectivity index (χ3v) is 7.08. The predicted octanol–water partition coefficient (Wildman–Crippen LogP) is 2.35. The number of rotatable bonds is 7. The van der Waals surface area contributed by atoms with E-state index in [1.807, 2.05) is 0 Å². The number of benzene rings is 1. The molecule has 0 aliphatic heterocycles. The number of aryl methyl sites for hydroxylation is 1. The summed E-state index contributed by atoms with van der Waals surface area (Å²) >= 11 is 1.29. The zero-order valence-corrected chi connectivity index (χ0v) is 17.7. The first-order valence-corrected chi connectivity index (χ1v) is 11.8. The van der Waals surface area contributed by atoms with Crippen molar-refractivity contribution in [1.82, 2.24) is 20.3 Å². The first-order chi connectivity index (χ1) is 13.8. The van der Waals surface area contributed by atoms with Crippen LogP contribution in [0.3, 0.4) is 0 Å². The van der Waals surface area contributed by atoms with Crippen LogP contribution in [0, 0.1) is 6.92 Å². The highest BCUT2D eigenvalue weighted by Crippen LogP contribution is 2.18. The number of carbonyl (C=O) groups excluding carboxylic acids is 2. The second-order valence-corrected chi connectivity index (χ2v) is 9.51. The van der Waals surface area contributed by atoms with Crippen LogP contribution in [0.25, 0.3) is 0 Å². The van der Waals surface area contributed by atoms with Crippen LogP contribution >= 0.6 is 11.3 Å². The highest BCUT2D eigenvalue weighted by molar-refractivity contribution is 7.90. The average Bonchev–Trinajstić information content (AvgIpc) is 3.33. The average molecular weight is 437 g/mol. The van der Waals surface area contributed by atoms with Crippen LogP contribution < -0.4 is 15.4 Å². The Hall–Kier alpha value is -2.46. The largest absolute Gasteiger partial charge is 0.351 e. The highest BCUT2D eigenvalue weighted by atomic mass is 32.2. The van der Waals surface area contributed by atoms with Gasteiger partial charge in [0.1, 0.15) is 4.88 Å². The topological polar surface area (TPSA) is 117 Å². The first kappa shape index (κ1) is 21.3. The predicted molar refractivity (Wildman–Crippen MR) is 110 cm³/mol. The summed E-state index contributed by atoms with van der Waals surface area (Å²) in [5.74, 6) is -0.165. The van der Waals surface area contributed by atoms with E-state index in [0.717, 1.165) is 31.2 Å². The van der Waals surface area contributed by atoms with Gasteiger partial charge in [-0.15, -0.1) is 11.3 Å². The lowest BCUT2D eigenvalue weighted by Gasteiger charge is -2.13. The summed E-state index contributed by atoms with van der Waals surface area (Å²) in [4.78, 5) is 28.7. The van der Waals surface area contributed by atoms with Crippen molar-refractivity contribution in [2.24, 2.45) is 0 Å². The maximum atomic E-state index is 12.4. The van der Waals surface area contributed by atoms with Crippen molar-refractivity contribution < 1.29 is 18.0 Å². The molecule has 1 fully saturated rings. The van der Waals surface area contributed by atoms with Crippen LogP contribution in [0.4, 0.5) is 4.79 Å². The van der Waals surface area contributed by atoms with Gasteiger partial charge in [0.25, 0.3) is 15.9 Å². The fourth-order valence-electron chi connectivity index (χ4n) is 3.22. The van der Waals surface area contributed by atoms with Crippen molar-refractivity contribution in [3.05, 3.63) is 45.9 Å². The van der Waals surface area contributed by atoms with E-state index in [2.05, 4.69) is 20.3 Å². The van der Waals surface area contributed by atoms with E-state index in [4.69, 9.17) is 0 Å². The number of aromatic nitrogens is 1. The van der Waals surface area contributed by atoms with Gasteiger partial charge < -0.3 is 10.6 Å². The smallest absolute Gasteiger partial charge is 0.328 e. The summed E-state index contributed by atoms with van der Waals surface area (Å²) in [7, 11) is -3.92. The summed E-state index contributed by atoms with van der Waals surface area (Å²) in [6.45, 7) is 2.21. The molecule has 156 valence electrons. The van der Waals surface area contributed by atoms with Crippen molar-refractivity contribution in [2.45, 2.75) is 50.0 Å². The molecule has 29 heavy (non-hydrogen) atoms. The molecule has 1 aromatic carbocycles. The third kappa shape index (κ3) is 5.77. The number of hydrogen-bond donors (Lipinski definition) is 3. The Balaban J connectivity index is 1.50. The number of sulfonamides is 1. The monoisotopic (exact) mass is 436 g/mol. The molecule has 3 N–H and O–H groups in total. The summed E-state index contributed by atoms with van der Waals surface area (Å²) < 4.78 is 26.8. The molecule has 1 aliphatic rings. The van der Waals surface area contributed by atoms with Gasteiger partial charge >= 0.3 is 6.03 Å². The molecule has 0 unspecified atom stereocenters. The van der Waals surface area contributed by atoms with E-state index in [-0.39, 0.29) is 16.8 Å². The molecule has 1 heterocycles. The molecule has 1 aliphatic carbocycles. The summed E-state index contributed by atoms with van der Waals surface area (Å²) in [5.41, 5.74) is 3.21. The van der Waals surface area contributed by atoms with Gasteiger partial charge in [-0.3, -0.25) is 4.79 Å². The number of amides is 3. The number of nitrogens with one attached hydrogen (secondary N) is 3. The van der Waals surface area contributed by atoms with Gasteiger partial charge in [0.15, 0.2) is 0 Å². The second kappa shape index (κ2) is 9.36. The van der Waals surface area contributed by atoms with Crippen LogP contribution in [-0.2, 0) is 16.4 Å². The van der Waals surface area contributed by atoms with Gasteiger partial charge in [-0.25, -0.2) is 22.9 Å². The molecular formula is C19H24N4O4S2. The number of hydrogen-bond acceptors (Lipinski definition) is 6. The zero-order chi connectivity index (χ0) is 20.9. The fraction of sp³-hybridized carbons (Fsp3) is 0.421. The molecule has 0 radical (unpaired) electrons. The third-order valence-electron chi connectivity index (χ3n) is 4.80. The van der Waals surface area contributed by atoms with E-state index < -0.39 is 16.1 Å². The summed E-state index contributed by atoms with van der Waals surface area (Å²) in [5, 5.41) is 5.52. The van der Waals surface area contributed by atoms with E-state index in [1.165, 1.54) is 23.5 Å². The lowest BCUT2D eigenvalue weighted by molar-refractivity contribution is 0.0957. The molecule has 0 bridgehead atoms. The molecule has 1 aromatic heterocycles. The molecule has 3 amide bonds. The minimum absolute atomic E-state index is 0.0205. The van der Waals surface area contributed by atoms with Crippen LogP contribution in [-0.4, -0.2) is 37.9 Å². The Morgan fingerprint density at radius 3 is 2.48 bits per heavy atom. The second-order valence-electron chi connectivity index (χ2n) is 6.98. The number of carbonyl (C=O) groups is 2. The van der Waals surface area contributed by atoms with Gasteiger partial charge in [-0.1, -0.05) is 25.0 Å². The maximum absolute atomic E-state index is 12.4. The molecule has 0 spiro atoms. The Bertz CT molecular complexity index is 964. The molecule has 0 atom stereocenters. The number of nitrogens with zero attached hydrogens (tertiary/aromatic N) is 1. The first-order valence-electron chi connectivity index (χ1n) is 9.46. The van der Waals surface area contributed by atoms with Crippen molar-refractivity contribution in [3.8, 4) is 0 Å². The van der Waals surface area contributed by atoms with Gasteiger partial charge in [0.05, 0.1) is 16.1 Å². The Morgan fingerprint density at radius 2 is 1.86 bits per heavy atom. The molecule has 0 saturated heterocycles. The zero-order valence-electron chi connectivity index (χ0n) is 16.1. The normalized spacial score (nSPS) is 14.5. The fourth-order valence-corrected chi connectivity index (χ4v) is 4.86. The molecule has 1 saturated carbocycles. The van der Waals surface area contributed by atoms with Crippen LogP contribution in [0.1, 0.15) is 46.6 Å². The lowest BCUT2D eigenvalue weighted by Crippen LogP contribution is -2.43.